The van der Waals surface area contributed by atoms with Gasteiger partial charge < -0.3 is 21.9 Å². The summed E-state index contributed by atoms with van der Waals surface area (Å²) in [7, 11) is 0. The van der Waals surface area contributed by atoms with Crippen LogP contribution in [0, 0.1) is 0 Å². The zero-order chi connectivity index (χ0) is 8.69. The molecule has 5 heteroatoms. The van der Waals surface area contributed by atoms with Crippen LogP contribution in [0.4, 0.5) is 0 Å². The zero-order valence-corrected chi connectivity index (χ0v) is 8.06. The first kappa shape index (κ1) is 13.8. The van der Waals surface area contributed by atoms with Gasteiger partial charge in [0.25, 0.3) is 0 Å². The molecule has 0 aromatic rings. The molecule has 0 aromatic carbocycles. The highest BCUT2D eigenvalue weighted by Gasteiger charge is 2.11. The van der Waals surface area contributed by atoms with E-state index < -0.39 is 0 Å². The highest BCUT2D eigenvalue weighted by atomic mass is 35.5. The lowest BCUT2D eigenvalue weighted by molar-refractivity contribution is -0.153. The minimum Gasteiger partial charge on any atom is -1.00 e. The molecule has 72 valence electrons. The SMILES string of the molecule is CCOC(=[NH2+])CC(=O)OCC.[Cl-]. The van der Waals surface area contributed by atoms with Crippen molar-refractivity contribution in [2.75, 3.05) is 13.2 Å². The van der Waals surface area contributed by atoms with Gasteiger partial charge in [0.15, 0.2) is 6.42 Å². The lowest BCUT2D eigenvalue weighted by Crippen LogP contribution is -3.00. The molecule has 0 saturated carbocycles. The van der Waals surface area contributed by atoms with Crippen molar-refractivity contribution >= 4 is 11.9 Å². The van der Waals surface area contributed by atoms with Crippen LogP contribution < -0.4 is 17.8 Å². The van der Waals surface area contributed by atoms with Crippen molar-refractivity contribution in [3.63, 3.8) is 0 Å². The van der Waals surface area contributed by atoms with Gasteiger partial charge in [0.05, 0.1) is 13.2 Å². The Labute approximate surface area is 78.2 Å². The van der Waals surface area contributed by atoms with E-state index in [1.807, 2.05) is 0 Å². The maximum absolute atomic E-state index is 10.7. The van der Waals surface area contributed by atoms with E-state index in [1.165, 1.54) is 0 Å². The quantitative estimate of drug-likeness (QED) is 0.284. The van der Waals surface area contributed by atoms with Gasteiger partial charge in [-0.05, 0) is 13.8 Å². The van der Waals surface area contributed by atoms with Gasteiger partial charge in [-0.15, -0.1) is 0 Å². The molecule has 0 aromatic heterocycles. The van der Waals surface area contributed by atoms with E-state index >= 15 is 0 Å². The van der Waals surface area contributed by atoms with E-state index in [2.05, 4.69) is 4.74 Å². The molecule has 0 aliphatic heterocycles. The summed E-state index contributed by atoms with van der Waals surface area (Å²) in [5.74, 6) is -0.135. The van der Waals surface area contributed by atoms with Gasteiger partial charge in [-0.25, -0.2) is 5.41 Å². The Morgan fingerprint density at radius 3 is 2.17 bits per heavy atom. The summed E-state index contributed by atoms with van der Waals surface area (Å²) in [5.41, 5.74) is 0. The number of esters is 1. The number of hydrogen-bond acceptors (Lipinski definition) is 3. The first-order valence-corrected chi connectivity index (χ1v) is 3.60. The fourth-order valence-electron chi connectivity index (χ4n) is 0.591. The van der Waals surface area contributed by atoms with E-state index in [1.54, 1.807) is 13.8 Å². The topological polar surface area (TPSA) is 61.1 Å². The molecule has 0 saturated heterocycles. The molecule has 0 fully saturated rings. The first-order chi connectivity index (χ1) is 5.20. The number of hydrogen-bond donors (Lipinski definition) is 1. The summed E-state index contributed by atoms with van der Waals surface area (Å²) in [6, 6.07) is 0. The highest BCUT2D eigenvalue weighted by molar-refractivity contribution is 5.91. The maximum Gasteiger partial charge on any atom is 0.344 e. The summed E-state index contributed by atoms with van der Waals surface area (Å²) in [4.78, 5) is 10.7. The third-order valence-electron chi connectivity index (χ3n) is 0.954. The Balaban J connectivity index is 0. The number of nitrogens with two attached hydrogens (primary N) is 1. The number of rotatable bonds is 4. The van der Waals surface area contributed by atoms with E-state index in [4.69, 9.17) is 10.1 Å². The molecule has 0 radical (unpaired) electrons. The molecule has 0 atom stereocenters. The van der Waals surface area contributed by atoms with Gasteiger partial charge in [-0.1, -0.05) is 0 Å². The van der Waals surface area contributed by atoms with Crippen LogP contribution in [-0.4, -0.2) is 25.1 Å². The average Bonchev–Trinajstić information content (AvgIpc) is 1.87. The maximum atomic E-state index is 10.7. The molecule has 12 heavy (non-hydrogen) atoms. The Morgan fingerprint density at radius 2 is 1.75 bits per heavy atom. The van der Waals surface area contributed by atoms with E-state index in [-0.39, 0.29) is 30.7 Å². The van der Waals surface area contributed by atoms with Gasteiger partial charge in [0.2, 0.25) is 0 Å². The van der Waals surface area contributed by atoms with E-state index in [0.29, 0.717) is 13.2 Å². The van der Waals surface area contributed by atoms with Gasteiger partial charge in [-0.3, -0.25) is 4.79 Å². The second-order valence-electron chi connectivity index (χ2n) is 1.88. The van der Waals surface area contributed by atoms with Crippen LogP contribution in [0.15, 0.2) is 0 Å². The van der Waals surface area contributed by atoms with Crippen LogP contribution in [0.25, 0.3) is 0 Å². The Bertz CT molecular complexity index is 134. The number of carbonyl (C=O) groups is 1. The van der Waals surface area contributed by atoms with Crippen LogP contribution in [-0.2, 0) is 14.3 Å². The summed E-state index contributed by atoms with van der Waals surface area (Å²) in [6.07, 6.45) is 0.0433. The van der Waals surface area contributed by atoms with Crippen molar-refractivity contribution < 1.29 is 32.1 Å². The smallest absolute Gasteiger partial charge is 0.344 e. The Morgan fingerprint density at radius 1 is 1.25 bits per heavy atom. The summed E-state index contributed by atoms with van der Waals surface area (Å²) in [5, 5.41) is 5.31. The Kier molecular flexibility index (Phi) is 9.57. The number of ether oxygens (including phenoxy) is 2. The molecule has 0 rings (SSSR count). The van der Waals surface area contributed by atoms with Crippen molar-refractivity contribution in [3.05, 3.63) is 0 Å². The van der Waals surface area contributed by atoms with Crippen molar-refractivity contribution in [3.8, 4) is 0 Å². The first-order valence-electron chi connectivity index (χ1n) is 3.60. The van der Waals surface area contributed by atoms with Gasteiger partial charge in [0, 0.05) is 0 Å². The summed E-state index contributed by atoms with van der Waals surface area (Å²) in [6.45, 7) is 4.40. The fraction of sp³-hybridized carbons (Fsp3) is 0.714. The molecule has 0 aliphatic carbocycles. The third-order valence-corrected chi connectivity index (χ3v) is 0.954. The standard InChI is InChI=1S/C7H13NO3.ClH/c1-3-10-6(8)5-7(9)11-4-2;/h8H,3-5H2,1-2H3;1H. The summed E-state index contributed by atoms with van der Waals surface area (Å²) < 4.78 is 9.49. The van der Waals surface area contributed by atoms with Crippen molar-refractivity contribution in [2.45, 2.75) is 20.3 Å². The van der Waals surface area contributed by atoms with Gasteiger partial charge in [0.1, 0.15) is 0 Å². The third kappa shape index (κ3) is 7.34. The second-order valence-corrected chi connectivity index (χ2v) is 1.88. The molecule has 4 nitrogen and oxygen atoms in total. The van der Waals surface area contributed by atoms with Gasteiger partial charge >= 0.3 is 11.9 Å². The van der Waals surface area contributed by atoms with Crippen molar-refractivity contribution in [2.24, 2.45) is 0 Å². The molecule has 0 amide bonds. The molecule has 0 spiro atoms. The van der Waals surface area contributed by atoms with E-state index in [9.17, 15) is 4.79 Å². The minimum atomic E-state index is -0.349. The molecule has 0 aliphatic rings. The van der Waals surface area contributed by atoms with Crippen LogP contribution in [0.2, 0.25) is 0 Å². The van der Waals surface area contributed by atoms with E-state index in [0.717, 1.165) is 0 Å². The van der Waals surface area contributed by atoms with Crippen LogP contribution >= 0.6 is 0 Å². The molecular weight excluding hydrogens is 182 g/mol. The molecule has 0 unspecified atom stereocenters. The monoisotopic (exact) mass is 195 g/mol. The molecule has 0 bridgehead atoms. The van der Waals surface area contributed by atoms with Crippen LogP contribution in [0.5, 0.6) is 0 Å². The highest BCUT2D eigenvalue weighted by Crippen LogP contribution is 1.87. The predicted molar refractivity (Wildman–Crippen MR) is 39.8 cm³/mol. The number of carbonyl (C=O) groups excluding carboxylic acids is 1. The molecule has 2 N–H and O–H groups in total. The molecule has 0 heterocycles. The number of halogens is 1. The van der Waals surface area contributed by atoms with Crippen LogP contribution in [0.1, 0.15) is 20.3 Å². The lowest BCUT2D eigenvalue weighted by atomic mass is 10.4. The molecular formula is C7H14ClNO3. The minimum absolute atomic E-state index is 0. The summed E-state index contributed by atoms with van der Waals surface area (Å²) >= 11 is 0. The second kappa shape index (κ2) is 8.33. The largest absolute Gasteiger partial charge is 1.00 e. The normalized spacial score (nSPS) is 8.17. The zero-order valence-electron chi connectivity index (χ0n) is 7.30. The lowest BCUT2D eigenvalue weighted by Gasteiger charge is -1.99. The Hall–Kier alpha value is -0.770. The van der Waals surface area contributed by atoms with Gasteiger partial charge in [-0.2, -0.15) is 0 Å². The average molecular weight is 196 g/mol. The predicted octanol–water partition coefficient (Wildman–Crippen LogP) is -3.86. The van der Waals surface area contributed by atoms with Crippen LogP contribution in [0.3, 0.4) is 0 Å². The fourth-order valence-corrected chi connectivity index (χ4v) is 0.591. The van der Waals surface area contributed by atoms with Crippen molar-refractivity contribution in [1.29, 1.82) is 0 Å². The van der Waals surface area contributed by atoms with Crippen molar-refractivity contribution in [1.82, 2.24) is 0 Å².